The van der Waals surface area contributed by atoms with Crippen LogP contribution in [0.25, 0.3) is 0 Å². The molecule has 2 aromatic carbocycles. The maximum atomic E-state index is 12.7. The zero-order valence-electron chi connectivity index (χ0n) is 16.6. The molecule has 0 aliphatic carbocycles. The molecule has 1 N–H and O–H groups in total. The van der Waals surface area contributed by atoms with Gasteiger partial charge in [0, 0.05) is 31.9 Å². The van der Waals surface area contributed by atoms with Crippen molar-refractivity contribution in [2.75, 3.05) is 43.5 Å². The molecule has 6 nitrogen and oxygen atoms in total. The van der Waals surface area contributed by atoms with Crippen LogP contribution < -0.4 is 10.2 Å². The van der Waals surface area contributed by atoms with Gasteiger partial charge in [-0.05, 0) is 29.7 Å². The topological polar surface area (TPSA) is 61.9 Å². The number of nitrogens with one attached hydrogen (secondary N) is 1. The summed E-state index contributed by atoms with van der Waals surface area (Å²) >= 11 is 0. The molecule has 148 valence electrons. The van der Waals surface area contributed by atoms with Crippen LogP contribution in [-0.2, 0) is 4.74 Å². The van der Waals surface area contributed by atoms with Crippen molar-refractivity contribution < 1.29 is 14.3 Å². The first-order valence-corrected chi connectivity index (χ1v) is 9.58. The third-order valence-corrected chi connectivity index (χ3v) is 5.04. The highest BCUT2D eigenvalue weighted by molar-refractivity contribution is 6.00. The Morgan fingerprint density at radius 2 is 1.61 bits per heavy atom. The van der Waals surface area contributed by atoms with E-state index in [1.165, 1.54) is 18.4 Å². The Kier molecular flexibility index (Phi) is 6.19. The minimum Gasteiger partial charge on any atom is -0.465 e. The van der Waals surface area contributed by atoms with E-state index in [9.17, 15) is 9.59 Å². The molecule has 0 atom stereocenters. The molecule has 2 amide bonds. The van der Waals surface area contributed by atoms with Crippen LogP contribution in [0.2, 0.25) is 0 Å². The minimum atomic E-state index is -0.467. The van der Waals surface area contributed by atoms with Crippen LogP contribution in [0.4, 0.5) is 16.2 Å². The van der Waals surface area contributed by atoms with Crippen molar-refractivity contribution in [3.05, 3.63) is 59.7 Å². The van der Waals surface area contributed by atoms with Crippen LogP contribution in [0.3, 0.4) is 0 Å². The van der Waals surface area contributed by atoms with Crippen LogP contribution in [0.5, 0.6) is 0 Å². The molecule has 1 fully saturated rings. The Morgan fingerprint density at radius 3 is 2.29 bits per heavy atom. The quantitative estimate of drug-likeness (QED) is 0.815. The molecular formula is C22H27N3O3. The van der Waals surface area contributed by atoms with Gasteiger partial charge in [-0.2, -0.15) is 0 Å². The van der Waals surface area contributed by atoms with Crippen LogP contribution in [0, 0.1) is 0 Å². The van der Waals surface area contributed by atoms with Gasteiger partial charge in [0.05, 0.1) is 18.4 Å². The smallest absolute Gasteiger partial charge is 0.339 e. The van der Waals surface area contributed by atoms with Gasteiger partial charge >= 0.3 is 12.0 Å². The van der Waals surface area contributed by atoms with Crippen molar-refractivity contribution >= 4 is 23.4 Å². The van der Waals surface area contributed by atoms with Crippen LogP contribution in [0.15, 0.2) is 48.5 Å². The molecule has 0 aromatic heterocycles. The number of hydrogen-bond donors (Lipinski definition) is 1. The van der Waals surface area contributed by atoms with Gasteiger partial charge in [0.1, 0.15) is 0 Å². The lowest BCUT2D eigenvalue weighted by Crippen LogP contribution is -2.50. The number of amides is 2. The Bertz CT molecular complexity index is 842. The minimum absolute atomic E-state index is 0.201. The highest BCUT2D eigenvalue weighted by Crippen LogP contribution is 2.28. The van der Waals surface area contributed by atoms with E-state index in [2.05, 4.69) is 48.3 Å². The Labute approximate surface area is 166 Å². The third-order valence-electron chi connectivity index (χ3n) is 5.04. The molecule has 1 aliphatic heterocycles. The summed E-state index contributed by atoms with van der Waals surface area (Å²) in [4.78, 5) is 28.7. The van der Waals surface area contributed by atoms with Crippen molar-refractivity contribution in [2.45, 2.75) is 19.8 Å². The Morgan fingerprint density at radius 1 is 0.964 bits per heavy atom. The first-order chi connectivity index (χ1) is 13.5. The van der Waals surface area contributed by atoms with Crippen molar-refractivity contribution in [3.63, 3.8) is 0 Å². The number of carbonyl (C=O) groups is 2. The molecule has 0 spiro atoms. The number of piperazine rings is 1. The zero-order valence-corrected chi connectivity index (χ0v) is 16.6. The summed E-state index contributed by atoms with van der Waals surface area (Å²) in [6.45, 7) is 7.19. The van der Waals surface area contributed by atoms with E-state index in [4.69, 9.17) is 4.74 Å². The molecule has 1 saturated heterocycles. The number of urea groups is 1. The average Bonchev–Trinajstić information content (AvgIpc) is 2.73. The number of nitrogens with zero attached hydrogens (tertiary/aromatic N) is 2. The van der Waals surface area contributed by atoms with Gasteiger partial charge in [-0.25, -0.2) is 9.59 Å². The molecule has 1 aliphatic rings. The largest absolute Gasteiger partial charge is 0.465 e. The van der Waals surface area contributed by atoms with Gasteiger partial charge in [0.15, 0.2) is 0 Å². The van der Waals surface area contributed by atoms with E-state index in [0.29, 0.717) is 30.3 Å². The maximum absolute atomic E-state index is 12.7. The summed E-state index contributed by atoms with van der Waals surface area (Å²) in [5.74, 6) is -0.0154. The second-order valence-corrected chi connectivity index (χ2v) is 7.15. The number of carbonyl (C=O) groups excluding carboxylic acids is 2. The number of hydrogen-bond acceptors (Lipinski definition) is 4. The van der Waals surface area contributed by atoms with Gasteiger partial charge in [-0.15, -0.1) is 0 Å². The number of rotatable bonds is 4. The van der Waals surface area contributed by atoms with Gasteiger partial charge < -0.3 is 19.9 Å². The standard InChI is InChI=1S/C22H27N3O3/c1-16(2)17-8-5-7-11-20(17)24-12-14-25(15-13-24)22(27)23-19-10-6-4-9-18(19)21(26)28-3/h4-11,16H,12-15H2,1-3H3,(H,23,27). The first-order valence-electron chi connectivity index (χ1n) is 9.58. The van der Waals surface area contributed by atoms with E-state index >= 15 is 0 Å². The number of methoxy groups -OCH3 is 1. The van der Waals surface area contributed by atoms with E-state index in [1.54, 1.807) is 29.2 Å². The van der Waals surface area contributed by atoms with Crippen LogP contribution in [-0.4, -0.2) is 50.2 Å². The fourth-order valence-electron chi connectivity index (χ4n) is 3.49. The van der Waals surface area contributed by atoms with Crippen molar-refractivity contribution in [2.24, 2.45) is 0 Å². The molecule has 6 heteroatoms. The fourth-order valence-corrected chi connectivity index (χ4v) is 3.49. The number of esters is 1. The van der Waals surface area contributed by atoms with Crippen LogP contribution in [0.1, 0.15) is 35.7 Å². The highest BCUT2D eigenvalue weighted by atomic mass is 16.5. The number of benzene rings is 2. The lowest BCUT2D eigenvalue weighted by atomic mass is 10.00. The number of para-hydroxylation sites is 2. The summed E-state index contributed by atoms with van der Waals surface area (Å²) in [6.07, 6.45) is 0. The number of ether oxygens (including phenoxy) is 1. The molecule has 0 saturated carbocycles. The number of anilines is 2. The highest BCUT2D eigenvalue weighted by Gasteiger charge is 2.24. The molecule has 2 aromatic rings. The summed E-state index contributed by atoms with van der Waals surface area (Å²) in [5, 5.41) is 2.85. The second-order valence-electron chi connectivity index (χ2n) is 7.15. The van der Waals surface area contributed by atoms with E-state index in [0.717, 1.165) is 13.1 Å². The Hall–Kier alpha value is -3.02. The van der Waals surface area contributed by atoms with E-state index < -0.39 is 5.97 Å². The molecule has 28 heavy (non-hydrogen) atoms. The second kappa shape index (κ2) is 8.78. The van der Waals surface area contributed by atoms with Crippen molar-refractivity contribution in [1.82, 2.24) is 4.90 Å². The van der Waals surface area contributed by atoms with Gasteiger partial charge in [0.2, 0.25) is 0 Å². The molecule has 3 rings (SSSR count). The van der Waals surface area contributed by atoms with E-state index in [-0.39, 0.29) is 6.03 Å². The molecule has 0 bridgehead atoms. The third kappa shape index (κ3) is 4.27. The van der Waals surface area contributed by atoms with Gasteiger partial charge in [0.25, 0.3) is 0 Å². The summed E-state index contributed by atoms with van der Waals surface area (Å²) < 4.78 is 4.79. The zero-order chi connectivity index (χ0) is 20.1. The summed E-state index contributed by atoms with van der Waals surface area (Å²) in [5.41, 5.74) is 3.38. The van der Waals surface area contributed by atoms with Gasteiger partial charge in [-0.3, -0.25) is 0 Å². The van der Waals surface area contributed by atoms with Crippen LogP contribution >= 0.6 is 0 Å². The predicted octanol–water partition coefficient (Wildman–Crippen LogP) is 3.95. The maximum Gasteiger partial charge on any atom is 0.339 e. The fraction of sp³-hybridized carbons (Fsp3) is 0.364. The lowest BCUT2D eigenvalue weighted by Gasteiger charge is -2.37. The molecule has 0 radical (unpaired) electrons. The molecule has 1 heterocycles. The summed E-state index contributed by atoms with van der Waals surface area (Å²) in [6, 6.07) is 15.1. The van der Waals surface area contributed by atoms with E-state index in [1.807, 2.05) is 0 Å². The molecule has 0 unspecified atom stereocenters. The average molecular weight is 381 g/mol. The lowest BCUT2D eigenvalue weighted by molar-refractivity contribution is 0.0602. The Balaban J connectivity index is 1.65. The first kappa shape index (κ1) is 19.7. The van der Waals surface area contributed by atoms with Crippen molar-refractivity contribution in [1.29, 1.82) is 0 Å². The monoisotopic (exact) mass is 381 g/mol. The summed E-state index contributed by atoms with van der Waals surface area (Å²) in [7, 11) is 1.33. The predicted molar refractivity (Wildman–Crippen MR) is 111 cm³/mol. The van der Waals surface area contributed by atoms with Gasteiger partial charge in [-0.1, -0.05) is 44.2 Å². The van der Waals surface area contributed by atoms with Crippen molar-refractivity contribution in [3.8, 4) is 0 Å². The SMILES string of the molecule is COC(=O)c1ccccc1NC(=O)N1CCN(c2ccccc2C(C)C)CC1. The normalized spacial score (nSPS) is 14.1. The molecular weight excluding hydrogens is 354 g/mol.